The summed E-state index contributed by atoms with van der Waals surface area (Å²) in [6, 6.07) is 6.60. The van der Waals surface area contributed by atoms with Gasteiger partial charge in [-0.25, -0.2) is 4.98 Å². The van der Waals surface area contributed by atoms with E-state index in [4.69, 9.17) is 4.74 Å². The molecule has 0 aliphatic heterocycles. The zero-order valence-corrected chi connectivity index (χ0v) is 10.4. The average Bonchev–Trinajstić information content (AvgIpc) is 2.32. The van der Waals surface area contributed by atoms with Crippen LogP contribution in [0.2, 0.25) is 0 Å². The van der Waals surface area contributed by atoms with E-state index in [1.165, 1.54) is 12.3 Å². The summed E-state index contributed by atoms with van der Waals surface area (Å²) in [6.45, 7) is 0. The Bertz CT molecular complexity index is 589. The van der Waals surface area contributed by atoms with Gasteiger partial charge in [-0.1, -0.05) is 0 Å². The number of rotatable bonds is 3. The van der Waals surface area contributed by atoms with Crippen molar-refractivity contribution in [1.29, 1.82) is 0 Å². The lowest BCUT2D eigenvalue weighted by molar-refractivity contribution is -0.387. The van der Waals surface area contributed by atoms with Crippen molar-refractivity contribution in [3.8, 4) is 11.6 Å². The van der Waals surface area contributed by atoms with Crippen molar-refractivity contribution in [2.45, 2.75) is 0 Å². The summed E-state index contributed by atoms with van der Waals surface area (Å²) in [5.74, 6) is -0.533. The molecule has 0 atom stereocenters. The van der Waals surface area contributed by atoms with Gasteiger partial charge in [0.25, 0.3) is 0 Å². The Balaban J connectivity index is 2.22. The van der Waals surface area contributed by atoms with Crippen LogP contribution < -0.4 is 4.74 Å². The summed E-state index contributed by atoms with van der Waals surface area (Å²) < 4.78 is 19.4. The summed E-state index contributed by atoms with van der Waals surface area (Å²) in [5.41, 5.74) is -0.592. The number of nitro benzene ring substituents is 1. The molecule has 1 heterocycles. The monoisotopic (exact) mass is 312 g/mol. The fourth-order valence-corrected chi connectivity index (χ4v) is 1.48. The molecule has 0 amide bonds. The fourth-order valence-electron chi connectivity index (χ4n) is 1.24. The predicted molar refractivity (Wildman–Crippen MR) is 65.1 cm³/mol. The van der Waals surface area contributed by atoms with E-state index in [2.05, 4.69) is 20.9 Å². The first-order valence-corrected chi connectivity index (χ1v) is 5.59. The number of nitro groups is 1. The van der Waals surface area contributed by atoms with Crippen molar-refractivity contribution in [2.24, 2.45) is 0 Å². The lowest BCUT2D eigenvalue weighted by Crippen LogP contribution is -1.93. The highest BCUT2D eigenvalue weighted by Crippen LogP contribution is 2.26. The maximum absolute atomic E-state index is 13.3. The van der Waals surface area contributed by atoms with Crippen LogP contribution in [0.1, 0.15) is 0 Å². The Morgan fingerprint density at radius 2 is 2.11 bits per heavy atom. The second-order valence-electron chi connectivity index (χ2n) is 3.29. The molecule has 0 aliphatic rings. The van der Waals surface area contributed by atoms with Crippen LogP contribution in [0.4, 0.5) is 10.1 Å². The van der Waals surface area contributed by atoms with Gasteiger partial charge in [-0.3, -0.25) is 10.1 Å². The van der Waals surface area contributed by atoms with Gasteiger partial charge in [-0.05, 0) is 28.1 Å². The summed E-state index contributed by atoms with van der Waals surface area (Å²) >= 11 is 3.21. The molecule has 0 aliphatic carbocycles. The number of halogens is 2. The number of nitrogens with zero attached hydrogens (tertiary/aromatic N) is 2. The molecule has 0 unspecified atom stereocenters. The molecule has 1 aromatic carbocycles. The van der Waals surface area contributed by atoms with Crippen molar-refractivity contribution in [3.63, 3.8) is 0 Å². The van der Waals surface area contributed by atoms with Gasteiger partial charge in [0.1, 0.15) is 5.75 Å². The Morgan fingerprint density at radius 3 is 2.67 bits per heavy atom. The standard InChI is InChI=1S/C11H6BrFN2O3/c12-7-1-4-11(14-6-7)18-8-2-3-10(15(16)17)9(13)5-8/h1-6H. The number of aromatic nitrogens is 1. The Morgan fingerprint density at radius 1 is 1.33 bits per heavy atom. The second-order valence-corrected chi connectivity index (χ2v) is 4.20. The van der Waals surface area contributed by atoms with Gasteiger partial charge in [-0.2, -0.15) is 4.39 Å². The summed E-state index contributed by atoms with van der Waals surface area (Å²) in [4.78, 5) is 13.6. The average molecular weight is 313 g/mol. The SMILES string of the molecule is O=[N+]([O-])c1ccc(Oc2ccc(Br)cn2)cc1F. The van der Waals surface area contributed by atoms with Gasteiger partial charge in [-0.15, -0.1) is 0 Å². The zero-order chi connectivity index (χ0) is 13.1. The fraction of sp³-hybridized carbons (Fsp3) is 0. The van der Waals surface area contributed by atoms with Crippen LogP contribution in [0.25, 0.3) is 0 Å². The number of pyridine rings is 1. The van der Waals surface area contributed by atoms with E-state index in [-0.39, 0.29) is 11.6 Å². The minimum absolute atomic E-state index is 0.146. The zero-order valence-electron chi connectivity index (χ0n) is 8.84. The topological polar surface area (TPSA) is 65.3 Å². The van der Waals surface area contributed by atoms with Gasteiger partial charge < -0.3 is 4.74 Å². The molecule has 0 fully saturated rings. The highest BCUT2D eigenvalue weighted by molar-refractivity contribution is 9.10. The van der Waals surface area contributed by atoms with Crippen LogP contribution in [0.5, 0.6) is 11.6 Å². The molecule has 0 radical (unpaired) electrons. The van der Waals surface area contributed by atoms with E-state index in [0.717, 1.165) is 16.6 Å². The van der Waals surface area contributed by atoms with Crippen molar-refractivity contribution < 1.29 is 14.1 Å². The molecule has 1 aromatic heterocycles. The molecular formula is C11H6BrFN2O3. The molecule has 5 nitrogen and oxygen atoms in total. The molecule has 92 valence electrons. The molecule has 0 N–H and O–H groups in total. The molecule has 0 bridgehead atoms. The third-order valence-corrected chi connectivity index (χ3v) is 2.51. The van der Waals surface area contributed by atoms with E-state index in [0.29, 0.717) is 0 Å². The first-order chi connectivity index (χ1) is 8.56. The van der Waals surface area contributed by atoms with E-state index in [1.54, 1.807) is 12.1 Å². The summed E-state index contributed by atoms with van der Waals surface area (Å²) in [7, 11) is 0. The van der Waals surface area contributed by atoms with Crippen LogP contribution in [-0.4, -0.2) is 9.91 Å². The molecule has 2 rings (SSSR count). The highest BCUT2D eigenvalue weighted by Gasteiger charge is 2.14. The highest BCUT2D eigenvalue weighted by atomic mass is 79.9. The minimum atomic E-state index is -0.949. The Hall–Kier alpha value is -2.02. The largest absolute Gasteiger partial charge is 0.439 e. The lowest BCUT2D eigenvalue weighted by atomic mass is 10.3. The minimum Gasteiger partial charge on any atom is -0.439 e. The van der Waals surface area contributed by atoms with Gasteiger partial charge in [0.15, 0.2) is 0 Å². The smallest absolute Gasteiger partial charge is 0.305 e. The molecule has 0 spiro atoms. The van der Waals surface area contributed by atoms with Crippen LogP contribution in [0.15, 0.2) is 41.0 Å². The molecule has 7 heteroatoms. The predicted octanol–water partition coefficient (Wildman–Crippen LogP) is 3.68. The quantitative estimate of drug-likeness (QED) is 0.640. The van der Waals surface area contributed by atoms with Crippen LogP contribution in [0, 0.1) is 15.9 Å². The number of benzene rings is 1. The lowest BCUT2D eigenvalue weighted by Gasteiger charge is -2.04. The van der Waals surface area contributed by atoms with Crippen molar-refractivity contribution in [3.05, 3.63) is 56.9 Å². The van der Waals surface area contributed by atoms with Gasteiger partial charge >= 0.3 is 5.69 Å². The van der Waals surface area contributed by atoms with Crippen LogP contribution >= 0.6 is 15.9 Å². The first-order valence-electron chi connectivity index (χ1n) is 4.79. The van der Waals surface area contributed by atoms with Crippen LogP contribution in [0.3, 0.4) is 0 Å². The second kappa shape index (κ2) is 5.09. The van der Waals surface area contributed by atoms with Crippen molar-refractivity contribution in [2.75, 3.05) is 0 Å². The van der Waals surface area contributed by atoms with Gasteiger partial charge in [0.05, 0.1) is 4.92 Å². The first kappa shape index (κ1) is 12.4. The molecule has 0 saturated carbocycles. The van der Waals surface area contributed by atoms with Crippen LogP contribution in [-0.2, 0) is 0 Å². The normalized spacial score (nSPS) is 10.1. The van der Waals surface area contributed by atoms with E-state index in [9.17, 15) is 14.5 Å². The summed E-state index contributed by atoms with van der Waals surface area (Å²) in [5, 5.41) is 10.4. The number of hydrogen-bond acceptors (Lipinski definition) is 4. The third kappa shape index (κ3) is 2.80. The van der Waals surface area contributed by atoms with Gasteiger partial charge in [0, 0.05) is 28.9 Å². The molecule has 0 saturated heterocycles. The Kier molecular flexibility index (Phi) is 3.52. The van der Waals surface area contributed by atoms with Gasteiger partial charge in [0.2, 0.25) is 11.7 Å². The van der Waals surface area contributed by atoms with Crippen molar-refractivity contribution in [1.82, 2.24) is 4.98 Å². The van der Waals surface area contributed by atoms with Crippen molar-refractivity contribution >= 4 is 21.6 Å². The molecule has 18 heavy (non-hydrogen) atoms. The summed E-state index contributed by atoms with van der Waals surface area (Å²) in [6.07, 6.45) is 1.52. The Labute approximate surface area is 110 Å². The maximum atomic E-state index is 13.3. The third-order valence-electron chi connectivity index (χ3n) is 2.04. The van der Waals surface area contributed by atoms with E-state index < -0.39 is 16.4 Å². The maximum Gasteiger partial charge on any atom is 0.305 e. The molecule has 2 aromatic rings. The number of hydrogen-bond donors (Lipinski definition) is 0. The number of ether oxygens (including phenoxy) is 1. The molecular weight excluding hydrogens is 307 g/mol. The van der Waals surface area contributed by atoms with E-state index in [1.807, 2.05) is 0 Å². The van der Waals surface area contributed by atoms with E-state index >= 15 is 0 Å².